The van der Waals surface area contributed by atoms with Gasteiger partial charge in [-0.25, -0.2) is 19.2 Å². The van der Waals surface area contributed by atoms with Gasteiger partial charge in [-0.3, -0.25) is 0 Å². The number of hydrogen-bond acceptors (Lipinski definition) is 5. The maximum atomic E-state index is 13.3. The number of alkyl halides is 3. The molecule has 1 heterocycles. The van der Waals surface area contributed by atoms with Crippen LogP contribution in [0.15, 0.2) is 60.9 Å². The van der Waals surface area contributed by atoms with Crippen LogP contribution in [0.1, 0.15) is 11.7 Å². The summed E-state index contributed by atoms with van der Waals surface area (Å²) in [4.78, 5) is 17.2. The molecule has 3 N–H and O–H groups in total. The average Bonchev–Trinajstić information content (AvgIpc) is 2.74. The molecule has 6 nitrogen and oxygen atoms in total. The Balaban J connectivity index is 0.000000423. The van der Waals surface area contributed by atoms with E-state index in [9.17, 15) is 22.7 Å². The highest BCUT2D eigenvalue weighted by Gasteiger charge is 2.38. The molecule has 0 radical (unpaired) electrons. The number of anilines is 1. The average molecular weight is 458 g/mol. The Bertz CT molecular complexity index is 1020. The molecule has 0 bridgehead atoms. The number of aliphatic hydroxyl groups is 1. The maximum absolute atomic E-state index is 13.3. The number of nitrogens with zero attached hydrogens (tertiary/aromatic N) is 2. The SMILES string of the molecule is O=C(O)C(F)(F)F.O[C@@H](CNc1cc(-c2ccc(F)c(Cl)c2)ncn1)c1ccccc1. The molecule has 11 heteroatoms. The van der Waals surface area contributed by atoms with Crippen molar-refractivity contribution in [1.82, 2.24) is 9.97 Å². The smallest absolute Gasteiger partial charge is 0.475 e. The molecule has 0 spiro atoms. The minimum absolute atomic E-state index is 0.0418. The minimum atomic E-state index is -5.08. The number of carboxylic acids is 1. The van der Waals surface area contributed by atoms with Gasteiger partial charge in [0.2, 0.25) is 0 Å². The Morgan fingerprint density at radius 1 is 1.10 bits per heavy atom. The molecule has 164 valence electrons. The van der Waals surface area contributed by atoms with Crippen molar-refractivity contribution in [3.8, 4) is 11.3 Å². The molecule has 0 saturated carbocycles. The Hall–Kier alpha value is -3.24. The third-order valence-corrected chi connectivity index (χ3v) is 4.08. The van der Waals surface area contributed by atoms with Gasteiger partial charge < -0.3 is 15.5 Å². The van der Waals surface area contributed by atoms with Crippen molar-refractivity contribution < 1.29 is 32.6 Å². The van der Waals surface area contributed by atoms with Gasteiger partial charge in [-0.05, 0) is 23.8 Å². The summed E-state index contributed by atoms with van der Waals surface area (Å²) in [6, 6.07) is 15.5. The van der Waals surface area contributed by atoms with E-state index in [1.165, 1.54) is 18.5 Å². The topological polar surface area (TPSA) is 95.3 Å². The van der Waals surface area contributed by atoms with E-state index in [4.69, 9.17) is 21.5 Å². The van der Waals surface area contributed by atoms with Crippen LogP contribution in [0.25, 0.3) is 11.3 Å². The molecule has 31 heavy (non-hydrogen) atoms. The van der Waals surface area contributed by atoms with Crippen molar-refractivity contribution in [2.24, 2.45) is 0 Å². The van der Waals surface area contributed by atoms with Gasteiger partial charge in [0.1, 0.15) is 18.0 Å². The first kappa shape index (κ1) is 24.0. The standard InChI is InChI=1S/C18H15ClFN3O.C2HF3O2/c19-14-8-13(6-7-15(14)20)16-9-18(23-11-22-16)21-10-17(24)12-4-2-1-3-5-12;3-2(4,5)1(6)7/h1-9,11,17,24H,10H2,(H,21,22,23);(H,6,7)/t17-;/m0./s1. The van der Waals surface area contributed by atoms with Crippen LogP contribution in [0.3, 0.4) is 0 Å². The summed E-state index contributed by atoms with van der Waals surface area (Å²) in [5.74, 6) is -2.67. The second-order valence-electron chi connectivity index (χ2n) is 6.03. The molecule has 2 aromatic carbocycles. The molecule has 3 aromatic rings. The number of halogens is 5. The third kappa shape index (κ3) is 7.50. The molecular weight excluding hydrogens is 442 g/mol. The van der Waals surface area contributed by atoms with E-state index in [1.54, 1.807) is 12.1 Å². The van der Waals surface area contributed by atoms with Gasteiger partial charge in [-0.2, -0.15) is 13.2 Å². The lowest BCUT2D eigenvalue weighted by Crippen LogP contribution is -2.21. The molecule has 0 aliphatic carbocycles. The zero-order valence-corrected chi connectivity index (χ0v) is 16.4. The number of aliphatic hydroxyl groups excluding tert-OH is 1. The number of aromatic nitrogens is 2. The number of rotatable bonds is 5. The predicted molar refractivity (Wildman–Crippen MR) is 106 cm³/mol. The van der Waals surface area contributed by atoms with E-state index in [0.717, 1.165) is 5.56 Å². The highest BCUT2D eigenvalue weighted by Crippen LogP contribution is 2.24. The highest BCUT2D eigenvalue weighted by molar-refractivity contribution is 6.31. The Kier molecular flexibility index (Phi) is 8.29. The summed E-state index contributed by atoms with van der Waals surface area (Å²) in [6.07, 6.45) is -4.33. The van der Waals surface area contributed by atoms with Crippen LogP contribution >= 0.6 is 11.6 Å². The first-order valence-corrected chi connectivity index (χ1v) is 9.00. The number of benzene rings is 2. The fourth-order valence-electron chi connectivity index (χ4n) is 2.26. The first-order chi connectivity index (χ1) is 14.6. The Morgan fingerprint density at radius 2 is 1.74 bits per heavy atom. The molecule has 1 atom stereocenters. The van der Waals surface area contributed by atoms with Crippen molar-refractivity contribution in [3.05, 3.63) is 77.3 Å². The zero-order chi connectivity index (χ0) is 23.0. The van der Waals surface area contributed by atoms with Gasteiger partial charge in [0.15, 0.2) is 0 Å². The van der Waals surface area contributed by atoms with Crippen LogP contribution in [0.2, 0.25) is 5.02 Å². The van der Waals surface area contributed by atoms with Gasteiger partial charge in [0, 0.05) is 18.2 Å². The van der Waals surface area contributed by atoms with Crippen LogP contribution in [-0.4, -0.2) is 38.9 Å². The van der Waals surface area contributed by atoms with Crippen molar-refractivity contribution >= 4 is 23.4 Å². The van der Waals surface area contributed by atoms with E-state index < -0.39 is 24.1 Å². The van der Waals surface area contributed by atoms with Crippen LogP contribution in [0, 0.1) is 5.82 Å². The number of aliphatic carboxylic acids is 1. The van der Waals surface area contributed by atoms with E-state index >= 15 is 0 Å². The predicted octanol–water partition coefficient (Wildman–Crippen LogP) is 4.71. The van der Waals surface area contributed by atoms with E-state index in [1.807, 2.05) is 30.3 Å². The van der Waals surface area contributed by atoms with Crippen molar-refractivity contribution in [3.63, 3.8) is 0 Å². The summed E-state index contributed by atoms with van der Waals surface area (Å²) in [5, 5.41) is 20.4. The summed E-state index contributed by atoms with van der Waals surface area (Å²) >= 11 is 5.81. The first-order valence-electron chi connectivity index (χ1n) is 8.62. The molecule has 0 amide bonds. The van der Waals surface area contributed by atoms with Crippen molar-refractivity contribution in [2.75, 3.05) is 11.9 Å². The Labute approximate surface area is 179 Å². The van der Waals surface area contributed by atoms with Gasteiger partial charge in [-0.1, -0.05) is 41.9 Å². The van der Waals surface area contributed by atoms with Gasteiger partial charge in [-0.15, -0.1) is 0 Å². The summed E-state index contributed by atoms with van der Waals surface area (Å²) in [7, 11) is 0. The lowest BCUT2D eigenvalue weighted by molar-refractivity contribution is -0.192. The van der Waals surface area contributed by atoms with Crippen molar-refractivity contribution in [1.29, 1.82) is 0 Å². The number of carbonyl (C=O) groups is 1. The number of carboxylic acid groups (broad SMARTS) is 1. The van der Waals surface area contributed by atoms with Crippen LogP contribution in [-0.2, 0) is 4.79 Å². The molecule has 0 aliphatic rings. The number of hydrogen-bond donors (Lipinski definition) is 3. The second-order valence-corrected chi connectivity index (χ2v) is 6.43. The van der Waals surface area contributed by atoms with Gasteiger partial charge >= 0.3 is 12.1 Å². The van der Waals surface area contributed by atoms with Crippen LogP contribution < -0.4 is 5.32 Å². The summed E-state index contributed by atoms with van der Waals surface area (Å²) in [6.45, 7) is 0.310. The monoisotopic (exact) mass is 457 g/mol. The molecular formula is C20H16ClF4N3O3. The van der Waals surface area contributed by atoms with E-state index in [-0.39, 0.29) is 5.02 Å². The molecule has 1 aromatic heterocycles. The van der Waals surface area contributed by atoms with Crippen molar-refractivity contribution in [2.45, 2.75) is 12.3 Å². The third-order valence-electron chi connectivity index (χ3n) is 3.79. The Morgan fingerprint density at radius 3 is 2.32 bits per heavy atom. The lowest BCUT2D eigenvalue weighted by Gasteiger charge is -2.13. The van der Waals surface area contributed by atoms with Gasteiger partial charge in [0.25, 0.3) is 0 Å². The van der Waals surface area contributed by atoms with E-state index in [2.05, 4.69) is 15.3 Å². The fraction of sp³-hybridized carbons (Fsp3) is 0.150. The lowest BCUT2D eigenvalue weighted by atomic mass is 10.1. The minimum Gasteiger partial charge on any atom is -0.475 e. The number of nitrogens with one attached hydrogen (secondary N) is 1. The van der Waals surface area contributed by atoms with Crippen LogP contribution in [0.4, 0.5) is 23.4 Å². The fourth-order valence-corrected chi connectivity index (χ4v) is 2.44. The van der Waals surface area contributed by atoms with E-state index in [0.29, 0.717) is 23.6 Å². The summed E-state index contributed by atoms with van der Waals surface area (Å²) in [5.41, 5.74) is 2.13. The summed E-state index contributed by atoms with van der Waals surface area (Å²) < 4.78 is 45.0. The molecule has 0 unspecified atom stereocenters. The quantitative estimate of drug-likeness (QED) is 0.480. The molecule has 0 saturated heterocycles. The maximum Gasteiger partial charge on any atom is 0.490 e. The highest BCUT2D eigenvalue weighted by atomic mass is 35.5. The second kappa shape index (κ2) is 10.7. The zero-order valence-electron chi connectivity index (χ0n) is 15.6. The molecule has 3 rings (SSSR count). The molecule has 0 aliphatic heterocycles. The largest absolute Gasteiger partial charge is 0.490 e. The normalized spacial score (nSPS) is 11.8. The van der Waals surface area contributed by atoms with Crippen LogP contribution in [0.5, 0.6) is 0 Å². The molecule has 0 fully saturated rings. The van der Waals surface area contributed by atoms with Gasteiger partial charge in [0.05, 0.1) is 16.8 Å².